The first kappa shape index (κ1) is 12.2. The molecule has 0 aliphatic carbocycles. The SMILES string of the molecule is Cc1ccc(N=Nc2cccc[n+]2[O-])c2cccnc12. The summed E-state index contributed by atoms with van der Waals surface area (Å²) in [5.41, 5.74) is 2.67. The maximum atomic E-state index is 11.5. The van der Waals surface area contributed by atoms with Gasteiger partial charge in [-0.1, -0.05) is 12.1 Å². The molecule has 0 bridgehead atoms. The van der Waals surface area contributed by atoms with Crippen LogP contribution < -0.4 is 4.73 Å². The summed E-state index contributed by atoms with van der Waals surface area (Å²) in [5, 5.41) is 20.6. The summed E-state index contributed by atoms with van der Waals surface area (Å²) in [4.78, 5) is 4.35. The first-order chi connectivity index (χ1) is 9.75. The summed E-state index contributed by atoms with van der Waals surface area (Å²) in [6.45, 7) is 2.00. The van der Waals surface area contributed by atoms with E-state index in [9.17, 15) is 5.21 Å². The number of rotatable bonds is 2. The Labute approximate surface area is 115 Å². The van der Waals surface area contributed by atoms with E-state index in [2.05, 4.69) is 15.2 Å². The largest absolute Gasteiger partial charge is 0.710 e. The van der Waals surface area contributed by atoms with Crippen LogP contribution in [0.25, 0.3) is 10.9 Å². The molecular formula is C15H12N4O. The fourth-order valence-corrected chi connectivity index (χ4v) is 1.99. The standard InChI is InChI=1S/C15H12N4O/c1-11-7-8-13(12-5-4-9-16-15(11)12)17-18-14-6-2-3-10-19(14)20/h2-10H,1H3. The van der Waals surface area contributed by atoms with E-state index in [4.69, 9.17) is 0 Å². The second-order valence-corrected chi connectivity index (χ2v) is 4.39. The van der Waals surface area contributed by atoms with Gasteiger partial charge in [-0.2, -0.15) is 0 Å². The molecule has 0 aliphatic heterocycles. The number of nitrogens with zero attached hydrogens (tertiary/aromatic N) is 4. The third-order valence-corrected chi connectivity index (χ3v) is 3.01. The van der Waals surface area contributed by atoms with Crippen LogP contribution >= 0.6 is 0 Å². The van der Waals surface area contributed by atoms with Gasteiger partial charge in [-0.25, -0.2) is 4.73 Å². The minimum atomic E-state index is 0.255. The van der Waals surface area contributed by atoms with Gasteiger partial charge in [0.2, 0.25) is 0 Å². The molecule has 0 unspecified atom stereocenters. The molecule has 2 aromatic heterocycles. The molecule has 2 heterocycles. The topological polar surface area (TPSA) is 64.5 Å². The highest BCUT2D eigenvalue weighted by Crippen LogP contribution is 2.27. The summed E-state index contributed by atoms with van der Waals surface area (Å²) >= 11 is 0. The fraction of sp³-hybridized carbons (Fsp3) is 0.0667. The van der Waals surface area contributed by atoms with Crippen molar-refractivity contribution in [3.8, 4) is 0 Å². The molecule has 0 saturated carbocycles. The lowest BCUT2D eigenvalue weighted by Gasteiger charge is -2.02. The Morgan fingerprint density at radius 1 is 1.05 bits per heavy atom. The Morgan fingerprint density at radius 3 is 2.80 bits per heavy atom. The van der Waals surface area contributed by atoms with Gasteiger partial charge in [0, 0.05) is 17.6 Å². The molecule has 3 rings (SSSR count). The van der Waals surface area contributed by atoms with Crippen molar-refractivity contribution >= 4 is 22.4 Å². The third kappa shape index (κ3) is 2.21. The summed E-state index contributed by atoms with van der Waals surface area (Å²) < 4.78 is 0.679. The monoisotopic (exact) mass is 264 g/mol. The molecule has 0 amide bonds. The zero-order valence-electron chi connectivity index (χ0n) is 10.9. The van der Waals surface area contributed by atoms with Crippen molar-refractivity contribution in [2.45, 2.75) is 6.92 Å². The number of fused-ring (bicyclic) bond motifs is 1. The molecule has 0 fully saturated rings. The molecule has 0 radical (unpaired) electrons. The maximum Gasteiger partial charge on any atom is 0.353 e. The summed E-state index contributed by atoms with van der Waals surface area (Å²) in [7, 11) is 0. The summed E-state index contributed by atoms with van der Waals surface area (Å²) in [5.74, 6) is 0.255. The van der Waals surface area contributed by atoms with Gasteiger partial charge < -0.3 is 5.21 Å². The predicted octanol–water partition coefficient (Wildman–Crippen LogP) is 3.59. The van der Waals surface area contributed by atoms with E-state index in [0.717, 1.165) is 16.5 Å². The van der Waals surface area contributed by atoms with Gasteiger partial charge in [-0.15, -0.1) is 0 Å². The molecule has 20 heavy (non-hydrogen) atoms. The Hall–Kier alpha value is -2.82. The summed E-state index contributed by atoms with van der Waals surface area (Å²) in [6, 6.07) is 12.6. The highest BCUT2D eigenvalue weighted by atomic mass is 16.5. The molecule has 0 saturated heterocycles. The Balaban J connectivity index is 2.08. The van der Waals surface area contributed by atoms with Crippen LogP contribution in [0.1, 0.15) is 5.56 Å². The molecule has 0 atom stereocenters. The number of azo groups is 1. The van der Waals surface area contributed by atoms with Gasteiger partial charge in [0.05, 0.1) is 16.8 Å². The van der Waals surface area contributed by atoms with Gasteiger partial charge in [0.1, 0.15) is 5.69 Å². The van der Waals surface area contributed by atoms with Crippen LogP contribution in [0.2, 0.25) is 0 Å². The third-order valence-electron chi connectivity index (χ3n) is 3.01. The number of aryl methyl sites for hydroxylation is 1. The van der Waals surface area contributed by atoms with Crippen molar-refractivity contribution in [2.75, 3.05) is 0 Å². The van der Waals surface area contributed by atoms with E-state index in [0.29, 0.717) is 10.4 Å². The maximum absolute atomic E-state index is 11.5. The van der Waals surface area contributed by atoms with Crippen molar-refractivity contribution < 1.29 is 4.73 Å². The molecule has 0 N–H and O–H groups in total. The van der Waals surface area contributed by atoms with E-state index in [1.54, 1.807) is 24.4 Å². The lowest BCUT2D eigenvalue weighted by molar-refractivity contribution is -0.591. The Kier molecular flexibility index (Phi) is 3.09. The molecule has 5 heteroatoms. The number of hydrogen-bond acceptors (Lipinski definition) is 4. The van der Waals surface area contributed by atoms with Crippen molar-refractivity contribution in [2.24, 2.45) is 10.2 Å². The zero-order valence-corrected chi connectivity index (χ0v) is 10.9. The molecular weight excluding hydrogens is 252 g/mol. The van der Waals surface area contributed by atoms with Crippen LogP contribution in [-0.2, 0) is 0 Å². The second kappa shape index (κ2) is 5.05. The Bertz CT molecular complexity index is 799. The minimum absolute atomic E-state index is 0.255. The number of aromatic nitrogens is 2. The normalized spacial score (nSPS) is 11.2. The first-order valence-electron chi connectivity index (χ1n) is 6.20. The van der Waals surface area contributed by atoms with Gasteiger partial charge >= 0.3 is 5.82 Å². The lowest BCUT2D eigenvalue weighted by atomic mass is 10.1. The molecule has 3 aromatic rings. The highest BCUT2D eigenvalue weighted by Gasteiger charge is 2.07. The van der Waals surface area contributed by atoms with Crippen molar-refractivity contribution in [1.29, 1.82) is 0 Å². The molecule has 5 nitrogen and oxygen atoms in total. The van der Waals surface area contributed by atoms with Crippen LogP contribution in [-0.4, -0.2) is 4.98 Å². The van der Waals surface area contributed by atoms with Crippen molar-refractivity contribution in [3.63, 3.8) is 0 Å². The lowest BCUT2D eigenvalue weighted by Crippen LogP contribution is -2.24. The van der Waals surface area contributed by atoms with Gasteiger partial charge in [-0.3, -0.25) is 4.98 Å². The average molecular weight is 264 g/mol. The molecule has 0 aliphatic rings. The Morgan fingerprint density at radius 2 is 1.95 bits per heavy atom. The van der Waals surface area contributed by atoms with Gasteiger partial charge in [0.15, 0.2) is 0 Å². The van der Waals surface area contributed by atoms with Crippen LogP contribution in [0.4, 0.5) is 11.5 Å². The van der Waals surface area contributed by atoms with Crippen LogP contribution in [0.15, 0.2) is 65.1 Å². The zero-order chi connectivity index (χ0) is 13.9. The molecule has 98 valence electrons. The van der Waals surface area contributed by atoms with Crippen LogP contribution in [0.3, 0.4) is 0 Å². The predicted molar refractivity (Wildman–Crippen MR) is 76.1 cm³/mol. The number of benzene rings is 1. The van der Waals surface area contributed by atoms with Crippen molar-refractivity contribution in [1.82, 2.24) is 4.98 Å². The number of hydrogen-bond donors (Lipinski definition) is 0. The summed E-state index contributed by atoms with van der Waals surface area (Å²) in [6.07, 6.45) is 3.14. The quantitative estimate of drug-likeness (QED) is 0.403. The van der Waals surface area contributed by atoms with E-state index < -0.39 is 0 Å². The smallest absolute Gasteiger partial charge is 0.353 e. The highest BCUT2D eigenvalue weighted by molar-refractivity contribution is 5.91. The second-order valence-electron chi connectivity index (χ2n) is 4.39. The fourth-order valence-electron chi connectivity index (χ4n) is 1.99. The minimum Gasteiger partial charge on any atom is -0.710 e. The van der Waals surface area contributed by atoms with Crippen molar-refractivity contribution in [3.05, 3.63) is 65.6 Å². The molecule has 0 spiro atoms. The molecule has 1 aromatic carbocycles. The van der Waals surface area contributed by atoms with Gasteiger partial charge in [-0.05, 0) is 41.9 Å². The van der Waals surface area contributed by atoms with E-state index in [-0.39, 0.29) is 5.82 Å². The average Bonchev–Trinajstić information content (AvgIpc) is 2.48. The van der Waals surface area contributed by atoms with Crippen LogP contribution in [0, 0.1) is 12.1 Å². The van der Waals surface area contributed by atoms with E-state index in [1.807, 2.05) is 31.2 Å². The van der Waals surface area contributed by atoms with Crippen LogP contribution in [0.5, 0.6) is 0 Å². The van der Waals surface area contributed by atoms with Gasteiger partial charge in [0.25, 0.3) is 0 Å². The first-order valence-corrected chi connectivity index (χ1v) is 6.20. The van der Waals surface area contributed by atoms with E-state index >= 15 is 0 Å². The van der Waals surface area contributed by atoms with E-state index in [1.165, 1.54) is 6.20 Å². The number of pyridine rings is 2.